The first kappa shape index (κ1) is 12.3. The van der Waals surface area contributed by atoms with Gasteiger partial charge in [-0.05, 0) is 6.26 Å². The monoisotopic (exact) mass is 232 g/mol. The first-order valence-corrected chi connectivity index (χ1v) is 6.16. The number of amides is 1. The minimum absolute atomic E-state index is 0.0814. The topological polar surface area (TPSA) is 58.6 Å². The van der Waals surface area contributed by atoms with E-state index in [0.717, 1.165) is 0 Å². The maximum atomic E-state index is 11.6. The van der Waals surface area contributed by atoms with E-state index in [4.69, 9.17) is 0 Å². The molecular formula is C9H16N2O3S. The Hall–Kier alpha value is -0.750. The van der Waals surface area contributed by atoms with Crippen LogP contribution in [0.4, 0.5) is 0 Å². The van der Waals surface area contributed by atoms with E-state index in [1.54, 1.807) is 4.90 Å². The second-order valence-corrected chi connectivity index (χ2v) is 4.17. The summed E-state index contributed by atoms with van der Waals surface area (Å²) in [6.45, 7) is 1.71. The summed E-state index contributed by atoms with van der Waals surface area (Å²) in [6.07, 6.45) is 1.89. The summed E-state index contributed by atoms with van der Waals surface area (Å²) >= 11 is 1.49. The third-order valence-corrected chi connectivity index (χ3v) is 2.82. The van der Waals surface area contributed by atoms with Crippen molar-refractivity contribution in [3.05, 3.63) is 0 Å². The van der Waals surface area contributed by atoms with Gasteiger partial charge in [-0.1, -0.05) is 0 Å². The molecule has 1 atom stereocenters. The van der Waals surface area contributed by atoms with Crippen LogP contribution in [0.3, 0.4) is 0 Å². The Kier molecular flexibility index (Phi) is 4.90. The molecule has 0 saturated carbocycles. The van der Waals surface area contributed by atoms with Gasteiger partial charge in [-0.2, -0.15) is 11.8 Å². The molecule has 1 heterocycles. The Labute approximate surface area is 93.5 Å². The second kappa shape index (κ2) is 5.97. The number of thioether (sulfide) groups is 1. The zero-order valence-electron chi connectivity index (χ0n) is 8.99. The van der Waals surface area contributed by atoms with Gasteiger partial charge in [-0.15, -0.1) is 0 Å². The fraction of sp³-hybridized carbons (Fsp3) is 0.778. The van der Waals surface area contributed by atoms with Crippen LogP contribution >= 0.6 is 11.8 Å². The van der Waals surface area contributed by atoms with Gasteiger partial charge in [0.25, 0.3) is 0 Å². The molecular weight excluding hydrogens is 216 g/mol. The van der Waals surface area contributed by atoms with Crippen LogP contribution in [0.15, 0.2) is 0 Å². The molecule has 1 N–H and O–H groups in total. The lowest BCUT2D eigenvalue weighted by Crippen LogP contribution is -2.56. The standard InChI is InChI=1S/C9H16N2O3S/c1-14-9(13)7-5-11(4-3-10-7)8(12)6-15-2/h7,10H,3-6H2,1-2H3. The number of hydrogen-bond donors (Lipinski definition) is 1. The average Bonchev–Trinajstić information content (AvgIpc) is 2.28. The molecule has 6 heteroatoms. The Morgan fingerprint density at radius 3 is 2.93 bits per heavy atom. The Morgan fingerprint density at radius 2 is 2.33 bits per heavy atom. The fourth-order valence-electron chi connectivity index (χ4n) is 1.49. The predicted molar refractivity (Wildman–Crippen MR) is 58.8 cm³/mol. The summed E-state index contributed by atoms with van der Waals surface area (Å²) in [5, 5.41) is 3.02. The van der Waals surface area contributed by atoms with Gasteiger partial charge in [0.2, 0.25) is 5.91 Å². The number of methoxy groups -OCH3 is 1. The van der Waals surface area contributed by atoms with Crippen molar-refractivity contribution >= 4 is 23.6 Å². The molecule has 1 fully saturated rings. The first-order valence-electron chi connectivity index (χ1n) is 4.77. The largest absolute Gasteiger partial charge is 0.468 e. The van der Waals surface area contributed by atoms with Crippen LogP contribution in [0.1, 0.15) is 0 Å². The van der Waals surface area contributed by atoms with Gasteiger partial charge in [0.05, 0.1) is 12.9 Å². The van der Waals surface area contributed by atoms with E-state index in [0.29, 0.717) is 25.4 Å². The molecule has 0 aliphatic carbocycles. The molecule has 0 aromatic carbocycles. The summed E-state index contributed by atoms with van der Waals surface area (Å²) in [4.78, 5) is 24.5. The highest BCUT2D eigenvalue weighted by atomic mass is 32.2. The van der Waals surface area contributed by atoms with E-state index < -0.39 is 0 Å². The molecule has 1 aliphatic rings. The SMILES string of the molecule is COC(=O)C1CN(C(=O)CSC)CCN1. The van der Waals surface area contributed by atoms with Crippen LogP contribution < -0.4 is 5.32 Å². The van der Waals surface area contributed by atoms with Gasteiger partial charge in [0, 0.05) is 19.6 Å². The number of ether oxygens (including phenoxy) is 1. The average molecular weight is 232 g/mol. The van der Waals surface area contributed by atoms with Crippen molar-refractivity contribution in [1.29, 1.82) is 0 Å². The van der Waals surface area contributed by atoms with Crippen LogP contribution in [0.25, 0.3) is 0 Å². The summed E-state index contributed by atoms with van der Waals surface area (Å²) in [6, 6.07) is -0.380. The number of piperazine rings is 1. The number of rotatable bonds is 3. The van der Waals surface area contributed by atoms with E-state index in [2.05, 4.69) is 10.1 Å². The zero-order chi connectivity index (χ0) is 11.3. The molecule has 15 heavy (non-hydrogen) atoms. The molecule has 0 bridgehead atoms. The molecule has 1 aliphatic heterocycles. The van der Waals surface area contributed by atoms with Crippen molar-refractivity contribution < 1.29 is 14.3 Å². The van der Waals surface area contributed by atoms with Gasteiger partial charge in [-0.25, -0.2) is 0 Å². The van der Waals surface area contributed by atoms with Crippen LogP contribution in [0.5, 0.6) is 0 Å². The van der Waals surface area contributed by atoms with E-state index >= 15 is 0 Å². The van der Waals surface area contributed by atoms with Crippen molar-refractivity contribution in [2.45, 2.75) is 6.04 Å². The summed E-state index contributed by atoms with van der Waals surface area (Å²) in [5.74, 6) is 0.239. The second-order valence-electron chi connectivity index (χ2n) is 3.30. The Balaban J connectivity index is 2.48. The minimum atomic E-state index is -0.380. The third kappa shape index (κ3) is 3.39. The predicted octanol–water partition coefficient (Wildman–Crippen LogP) is -0.677. The molecule has 0 radical (unpaired) electrons. The van der Waals surface area contributed by atoms with E-state index in [9.17, 15) is 9.59 Å². The minimum Gasteiger partial charge on any atom is -0.468 e. The molecule has 1 saturated heterocycles. The number of hydrogen-bond acceptors (Lipinski definition) is 5. The van der Waals surface area contributed by atoms with Crippen molar-refractivity contribution in [3.63, 3.8) is 0 Å². The van der Waals surface area contributed by atoms with Crippen LogP contribution in [-0.4, -0.2) is 61.6 Å². The summed E-state index contributed by atoms with van der Waals surface area (Å²) in [5.41, 5.74) is 0. The lowest BCUT2D eigenvalue weighted by atomic mass is 10.2. The smallest absolute Gasteiger partial charge is 0.324 e. The van der Waals surface area contributed by atoms with Gasteiger partial charge in [0.15, 0.2) is 0 Å². The summed E-state index contributed by atoms with van der Waals surface area (Å²) < 4.78 is 4.63. The molecule has 0 spiro atoms. The highest BCUT2D eigenvalue weighted by Gasteiger charge is 2.28. The third-order valence-electron chi connectivity index (χ3n) is 2.28. The molecule has 1 rings (SSSR count). The van der Waals surface area contributed by atoms with Gasteiger partial charge < -0.3 is 15.0 Å². The number of nitrogens with zero attached hydrogens (tertiary/aromatic N) is 1. The maximum Gasteiger partial charge on any atom is 0.324 e. The number of carbonyl (C=O) groups is 2. The van der Waals surface area contributed by atoms with E-state index in [-0.39, 0.29) is 17.9 Å². The van der Waals surface area contributed by atoms with Crippen molar-refractivity contribution in [2.24, 2.45) is 0 Å². The maximum absolute atomic E-state index is 11.6. The van der Waals surface area contributed by atoms with Gasteiger partial charge >= 0.3 is 5.97 Å². The van der Waals surface area contributed by atoms with Gasteiger partial charge in [0.1, 0.15) is 6.04 Å². The molecule has 1 amide bonds. The molecule has 86 valence electrons. The van der Waals surface area contributed by atoms with Gasteiger partial charge in [-0.3, -0.25) is 9.59 Å². The first-order chi connectivity index (χ1) is 7.19. The highest BCUT2D eigenvalue weighted by Crippen LogP contribution is 2.04. The van der Waals surface area contributed by atoms with Crippen molar-refractivity contribution in [3.8, 4) is 0 Å². The zero-order valence-corrected chi connectivity index (χ0v) is 9.80. The number of esters is 1. The quantitative estimate of drug-likeness (QED) is 0.654. The fourth-order valence-corrected chi connectivity index (χ4v) is 1.92. The van der Waals surface area contributed by atoms with Crippen LogP contribution in [0.2, 0.25) is 0 Å². The molecule has 0 aromatic rings. The Morgan fingerprint density at radius 1 is 1.60 bits per heavy atom. The van der Waals surface area contributed by atoms with Crippen LogP contribution in [-0.2, 0) is 14.3 Å². The molecule has 1 unspecified atom stereocenters. The van der Waals surface area contributed by atoms with E-state index in [1.165, 1.54) is 18.9 Å². The van der Waals surface area contributed by atoms with Crippen LogP contribution in [0, 0.1) is 0 Å². The number of nitrogens with one attached hydrogen (secondary N) is 1. The van der Waals surface area contributed by atoms with Crippen molar-refractivity contribution in [1.82, 2.24) is 10.2 Å². The normalized spacial score (nSPS) is 21.2. The number of carbonyl (C=O) groups excluding carboxylic acids is 2. The molecule has 0 aromatic heterocycles. The molecule has 5 nitrogen and oxygen atoms in total. The Bertz CT molecular complexity index is 248. The van der Waals surface area contributed by atoms with E-state index in [1.807, 2.05) is 6.26 Å². The highest BCUT2D eigenvalue weighted by molar-refractivity contribution is 7.99. The lowest BCUT2D eigenvalue weighted by molar-refractivity contribution is -0.145. The lowest BCUT2D eigenvalue weighted by Gasteiger charge is -2.32. The van der Waals surface area contributed by atoms with Crippen molar-refractivity contribution in [2.75, 3.05) is 38.8 Å². The summed E-state index contributed by atoms with van der Waals surface area (Å²) in [7, 11) is 1.35.